The Morgan fingerprint density at radius 1 is 1.25 bits per heavy atom. The van der Waals surface area contributed by atoms with Crippen molar-refractivity contribution in [2.24, 2.45) is 5.73 Å². The quantitative estimate of drug-likeness (QED) is 0.562. The minimum absolute atomic E-state index is 0.0739. The summed E-state index contributed by atoms with van der Waals surface area (Å²) in [6, 6.07) is 6.69. The molecule has 2 rings (SSSR count). The molecular formula is C13H14N4O3. The molecule has 20 heavy (non-hydrogen) atoms. The molecule has 2 aromatic rings. The van der Waals surface area contributed by atoms with E-state index in [1.165, 1.54) is 13.2 Å². The molecule has 0 spiro atoms. The molecule has 1 aromatic heterocycles. The second-order valence-corrected chi connectivity index (χ2v) is 3.98. The lowest BCUT2D eigenvalue weighted by atomic mass is 10.1. The highest BCUT2D eigenvalue weighted by atomic mass is 16.5. The summed E-state index contributed by atoms with van der Waals surface area (Å²) in [5.41, 5.74) is 6.12. The molecular weight excluding hydrogens is 260 g/mol. The number of nitrogens with zero attached hydrogens (tertiary/aromatic N) is 1. The fraction of sp³-hybridized carbons (Fsp3) is 0.154. The number of aromatic amines is 1. The number of rotatable bonds is 4. The molecule has 0 amide bonds. The van der Waals surface area contributed by atoms with Crippen LogP contribution in [0, 0.1) is 5.41 Å². The van der Waals surface area contributed by atoms with Gasteiger partial charge in [0, 0.05) is 5.56 Å². The van der Waals surface area contributed by atoms with Crippen molar-refractivity contribution in [1.82, 2.24) is 10.2 Å². The van der Waals surface area contributed by atoms with Crippen LogP contribution in [0.15, 0.2) is 29.1 Å². The van der Waals surface area contributed by atoms with Crippen LogP contribution in [-0.4, -0.2) is 30.3 Å². The highest BCUT2D eigenvalue weighted by Crippen LogP contribution is 2.31. The monoisotopic (exact) mass is 274 g/mol. The van der Waals surface area contributed by atoms with Gasteiger partial charge in [-0.1, -0.05) is 0 Å². The second-order valence-electron chi connectivity index (χ2n) is 3.98. The molecule has 0 radical (unpaired) electrons. The van der Waals surface area contributed by atoms with Crippen molar-refractivity contribution in [3.8, 4) is 22.8 Å². The smallest absolute Gasteiger partial charge is 0.275 e. The van der Waals surface area contributed by atoms with Crippen LogP contribution < -0.4 is 20.8 Å². The highest BCUT2D eigenvalue weighted by molar-refractivity contribution is 5.95. The first kappa shape index (κ1) is 13.6. The van der Waals surface area contributed by atoms with Crippen LogP contribution in [0.2, 0.25) is 0 Å². The number of ether oxygens (including phenoxy) is 2. The van der Waals surface area contributed by atoms with Gasteiger partial charge in [-0.15, -0.1) is 0 Å². The van der Waals surface area contributed by atoms with Gasteiger partial charge in [-0.25, -0.2) is 5.10 Å². The number of amidine groups is 1. The molecule has 104 valence electrons. The number of nitrogens with one attached hydrogen (secondary N) is 2. The van der Waals surface area contributed by atoms with Crippen LogP contribution in [0.1, 0.15) is 5.56 Å². The van der Waals surface area contributed by atoms with E-state index in [1.54, 1.807) is 25.3 Å². The summed E-state index contributed by atoms with van der Waals surface area (Å²) in [7, 11) is 3.08. The van der Waals surface area contributed by atoms with Gasteiger partial charge in [0.1, 0.15) is 5.84 Å². The summed E-state index contributed by atoms with van der Waals surface area (Å²) < 4.78 is 10.4. The molecule has 0 saturated carbocycles. The third-order valence-corrected chi connectivity index (χ3v) is 2.77. The third-order valence-electron chi connectivity index (χ3n) is 2.77. The van der Waals surface area contributed by atoms with Crippen molar-refractivity contribution >= 4 is 5.84 Å². The molecule has 7 nitrogen and oxygen atoms in total. The number of H-pyrrole nitrogens is 1. The first-order valence-corrected chi connectivity index (χ1v) is 5.73. The Morgan fingerprint density at radius 3 is 2.55 bits per heavy atom. The predicted octanol–water partition coefficient (Wildman–Crippen LogP) is 0.738. The Kier molecular flexibility index (Phi) is 3.69. The fourth-order valence-corrected chi connectivity index (χ4v) is 1.75. The van der Waals surface area contributed by atoms with Crippen molar-refractivity contribution in [2.45, 2.75) is 0 Å². The van der Waals surface area contributed by atoms with E-state index in [9.17, 15) is 4.79 Å². The van der Waals surface area contributed by atoms with Crippen molar-refractivity contribution in [2.75, 3.05) is 14.2 Å². The average Bonchev–Trinajstić information content (AvgIpc) is 2.46. The summed E-state index contributed by atoms with van der Waals surface area (Å²) in [4.78, 5) is 11.5. The second kappa shape index (κ2) is 5.43. The molecule has 0 bridgehead atoms. The number of aromatic nitrogens is 2. The molecule has 0 aliphatic carbocycles. The molecule has 7 heteroatoms. The first-order chi connectivity index (χ1) is 9.56. The van der Waals surface area contributed by atoms with E-state index in [1.807, 2.05) is 0 Å². The van der Waals surface area contributed by atoms with E-state index < -0.39 is 5.56 Å². The molecule has 0 saturated heterocycles. The maximum absolute atomic E-state index is 11.5. The van der Waals surface area contributed by atoms with E-state index in [0.717, 1.165) is 0 Å². The van der Waals surface area contributed by atoms with Crippen LogP contribution in [0.3, 0.4) is 0 Å². The number of hydrogen-bond acceptors (Lipinski definition) is 5. The van der Waals surface area contributed by atoms with Gasteiger partial charge in [0.15, 0.2) is 11.5 Å². The van der Waals surface area contributed by atoms with Crippen LogP contribution in [0.4, 0.5) is 0 Å². The summed E-state index contributed by atoms with van der Waals surface area (Å²) >= 11 is 0. The zero-order valence-corrected chi connectivity index (χ0v) is 11.1. The molecule has 0 atom stereocenters. The van der Waals surface area contributed by atoms with Gasteiger partial charge in [0.05, 0.1) is 25.5 Å². The van der Waals surface area contributed by atoms with Gasteiger partial charge in [-0.05, 0) is 24.3 Å². The molecule has 0 unspecified atom stereocenters. The first-order valence-electron chi connectivity index (χ1n) is 5.73. The Balaban J connectivity index is 2.54. The van der Waals surface area contributed by atoms with Gasteiger partial charge in [-0.2, -0.15) is 5.10 Å². The summed E-state index contributed by atoms with van der Waals surface area (Å²) in [5.74, 6) is 0.824. The molecule has 0 aliphatic rings. The topological polar surface area (TPSA) is 114 Å². The normalized spacial score (nSPS) is 10.1. The highest BCUT2D eigenvalue weighted by Gasteiger charge is 2.10. The van der Waals surface area contributed by atoms with Crippen molar-refractivity contribution in [3.05, 3.63) is 40.2 Å². The number of nitrogens with two attached hydrogens (primary N) is 1. The van der Waals surface area contributed by atoms with Crippen molar-refractivity contribution < 1.29 is 9.47 Å². The largest absolute Gasteiger partial charge is 0.493 e. The van der Waals surface area contributed by atoms with Gasteiger partial charge >= 0.3 is 0 Å². The Morgan fingerprint density at radius 2 is 1.95 bits per heavy atom. The number of nitrogen functional groups attached to an aromatic ring is 1. The average molecular weight is 274 g/mol. The van der Waals surface area contributed by atoms with Crippen LogP contribution >= 0.6 is 0 Å². The van der Waals surface area contributed by atoms with Crippen molar-refractivity contribution in [1.29, 1.82) is 5.41 Å². The summed E-state index contributed by atoms with van der Waals surface area (Å²) in [5, 5.41) is 13.6. The van der Waals surface area contributed by atoms with E-state index in [-0.39, 0.29) is 11.4 Å². The van der Waals surface area contributed by atoms with E-state index in [0.29, 0.717) is 22.8 Å². The number of benzene rings is 1. The standard InChI is InChI=1S/C13H14N4O3/c1-19-10-4-3-7(5-11(10)20-2)9-6-8(12(14)15)13(18)17-16-9/h3-6H,1-2H3,(H3,14,15)(H,17,18). The lowest BCUT2D eigenvalue weighted by Gasteiger charge is -2.09. The Labute approximate surface area is 114 Å². The van der Waals surface area contributed by atoms with Gasteiger partial charge in [-0.3, -0.25) is 10.2 Å². The van der Waals surface area contributed by atoms with Crippen LogP contribution in [0.5, 0.6) is 11.5 Å². The lowest BCUT2D eigenvalue weighted by molar-refractivity contribution is 0.355. The van der Waals surface area contributed by atoms with E-state index >= 15 is 0 Å². The zero-order chi connectivity index (χ0) is 14.7. The predicted molar refractivity (Wildman–Crippen MR) is 74.4 cm³/mol. The van der Waals surface area contributed by atoms with E-state index in [2.05, 4.69) is 10.2 Å². The molecule has 1 heterocycles. The fourth-order valence-electron chi connectivity index (χ4n) is 1.75. The molecule has 1 aromatic carbocycles. The maximum Gasteiger partial charge on any atom is 0.275 e. The Bertz CT molecular complexity index is 709. The zero-order valence-electron chi connectivity index (χ0n) is 11.1. The maximum atomic E-state index is 11.5. The SMILES string of the molecule is COc1ccc(-c2cc(C(=N)N)c(=O)[nH]n2)cc1OC. The van der Waals surface area contributed by atoms with E-state index in [4.69, 9.17) is 20.6 Å². The minimum atomic E-state index is -0.498. The van der Waals surface area contributed by atoms with Gasteiger partial charge < -0.3 is 15.2 Å². The summed E-state index contributed by atoms with van der Waals surface area (Å²) in [6.07, 6.45) is 0. The van der Waals surface area contributed by atoms with Crippen molar-refractivity contribution in [3.63, 3.8) is 0 Å². The van der Waals surface area contributed by atoms with Gasteiger partial charge in [0.2, 0.25) is 0 Å². The molecule has 0 aliphatic heterocycles. The molecule has 0 fully saturated rings. The third kappa shape index (κ3) is 2.46. The lowest BCUT2D eigenvalue weighted by Crippen LogP contribution is -2.24. The molecule has 4 N–H and O–H groups in total. The number of methoxy groups -OCH3 is 2. The number of hydrogen-bond donors (Lipinski definition) is 3. The van der Waals surface area contributed by atoms with Crippen LogP contribution in [-0.2, 0) is 0 Å². The minimum Gasteiger partial charge on any atom is -0.493 e. The Hall–Kier alpha value is -2.83. The van der Waals surface area contributed by atoms with Gasteiger partial charge in [0.25, 0.3) is 5.56 Å². The van der Waals surface area contributed by atoms with Crippen LogP contribution in [0.25, 0.3) is 11.3 Å². The summed E-state index contributed by atoms with van der Waals surface area (Å²) in [6.45, 7) is 0.